The van der Waals surface area contributed by atoms with Crippen LogP contribution < -0.4 is 10.6 Å². The number of hydrogen-bond donors (Lipinski definition) is 2. The molecule has 0 radical (unpaired) electrons. The van der Waals surface area contributed by atoms with E-state index in [1.54, 1.807) is 0 Å². The lowest BCUT2D eigenvalue weighted by molar-refractivity contribution is -0.383. The maximum atomic E-state index is 12.7. The van der Waals surface area contributed by atoms with Gasteiger partial charge < -0.3 is 20.3 Å². The van der Waals surface area contributed by atoms with Crippen molar-refractivity contribution < 1.29 is 22.9 Å². The molecule has 2 fully saturated rings. The zero-order chi connectivity index (χ0) is 27.0. The van der Waals surface area contributed by atoms with Gasteiger partial charge in [-0.05, 0) is 76.6 Å². The Morgan fingerprint density at radius 2 is 1.73 bits per heavy atom. The van der Waals surface area contributed by atoms with E-state index in [0.717, 1.165) is 31.9 Å². The summed E-state index contributed by atoms with van der Waals surface area (Å²) in [5.74, 6) is 0.303. The second kappa shape index (κ2) is 10.1. The van der Waals surface area contributed by atoms with Crippen LogP contribution in [0.25, 0.3) is 0 Å². The third kappa shape index (κ3) is 6.27. The first-order chi connectivity index (χ1) is 17.3. The van der Waals surface area contributed by atoms with Gasteiger partial charge in [0.1, 0.15) is 11.9 Å². The van der Waals surface area contributed by atoms with Crippen molar-refractivity contribution in [3.05, 3.63) is 40.7 Å². The van der Waals surface area contributed by atoms with E-state index < -0.39 is 20.4 Å². The van der Waals surface area contributed by atoms with Gasteiger partial charge in [-0.3, -0.25) is 10.1 Å². The number of nitrogens with one attached hydrogen (secondary N) is 2. The van der Waals surface area contributed by atoms with Crippen LogP contribution in [0.3, 0.4) is 0 Å². The number of amides is 1. The largest absolute Gasteiger partial charge is 0.444 e. The summed E-state index contributed by atoms with van der Waals surface area (Å²) in [7, 11) is -3.36. The average Bonchev–Trinajstić information content (AvgIpc) is 3.06. The summed E-state index contributed by atoms with van der Waals surface area (Å²) in [6, 6.07) is 6.05. The molecule has 2 saturated heterocycles. The fraction of sp³-hybridized carbons (Fsp3) is 0.542. The standard InChI is InChI=1S/C24H32N6O6S/c1-24(2,3)36-23(31)29-17-7-8-18(29)12-15(11-17)13-25-21-20(30(32)33)22(27-14-26-21)28-16-5-9-19(10-6-16)37(4,34)35/h5-6,9-10,14-15,17-18H,7-8,11-13H2,1-4H3,(H2,25,26,27,28)/t17-,18-/m0/s1. The molecule has 2 aliphatic rings. The number of aromatic nitrogens is 2. The minimum atomic E-state index is -3.36. The van der Waals surface area contributed by atoms with Gasteiger partial charge >= 0.3 is 11.8 Å². The van der Waals surface area contributed by atoms with Gasteiger partial charge in [-0.25, -0.2) is 23.2 Å². The van der Waals surface area contributed by atoms with Crippen LogP contribution in [0.1, 0.15) is 46.5 Å². The molecule has 0 spiro atoms. The van der Waals surface area contributed by atoms with E-state index in [1.807, 2.05) is 25.7 Å². The van der Waals surface area contributed by atoms with E-state index in [0.29, 0.717) is 12.2 Å². The highest BCUT2D eigenvalue weighted by atomic mass is 32.2. The molecule has 0 saturated carbocycles. The Morgan fingerprint density at radius 1 is 1.14 bits per heavy atom. The fourth-order valence-corrected chi connectivity index (χ4v) is 5.64. The number of rotatable bonds is 7. The van der Waals surface area contributed by atoms with Crippen LogP contribution in [0, 0.1) is 16.0 Å². The minimum Gasteiger partial charge on any atom is -0.444 e. The number of nitrogens with zero attached hydrogens (tertiary/aromatic N) is 4. The molecule has 0 aliphatic carbocycles. The Balaban J connectivity index is 1.44. The van der Waals surface area contributed by atoms with E-state index in [1.165, 1.54) is 30.6 Å². The number of benzene rings is 1. The Hall–Kier alpha value is -3.48. The monoisotopic (exact) mass is 532 g/mol. The van der Waals surface area contributed by atoms with Gasteiger partial charge in [0.25, 0.3) is 0 Å². The highest BCUT2D eigenvalue weighted by Gasteiger charge is 2.44. The predicted octanol–water partition coefficient (Wildman–Crippen LogP) is 4.12. The number of sulfone groups is 1. The van der Waals surface area contributed by atoms with Gasteiger partial charge in [0.05, 0.1) is 9.82 Å². The summed E-state index contributed by atoms with van der Waals surface area (Å²) in [6.07, 6.45) is 5.45. The van der Waals surface area contributed by atoms with E-state index >= 15 is 0 Å². The number of carbonyl (C=O) groups is 1. The van der Waals surface area contributed by atoms with Crippen LogP contribution in [0.5, 0.6) is 0 Å². The van der Waals surface area contributed by atoms with E-state index in [9.17, 15) is 23.3 Å². The lowest BCUT2D eigenvalue weighted by Gasteiger charge is -2.39. The quantitative estimate of drug-likeness (QED) is 0.392. The summed E-state index contributed by atoms with van der Waals surface area (Å²) in [6.45, 7) is 6.03. The predicted molar refractivity (Wildman–Crippen MR) is 138 cm³/mol. The molecule has 2 bridgehead atoms. The average molecular weight is 533 g/mol. The van der Waals surface area contributed by atoms with Crippen LogP contribution in [0.2, 0.25) is 0 Å². The Bertz CT molecular complexity index is 1260. The Morgan fingerprint density at radius 3 is 2.27 bits per heavy atom. The maximum Gasteiger partial charge on any atom is 0.410 e. The van der Waals surface area contributed by atoms with Crippen molar-refractivity contribution in [1.82, 2.24) is 14.9 Å². The third-order valence-electron chi connectivity index (χ3n) is 6.54. The molecule has 0 unspecified atom stereocenters. The second-order valence-electron chi connectivity index (χ2n) is 10.6. The molecule has 37 heavy (non-hydrogen) atoms. The van der Waals surface area contributed by atoms with Crippen molar-refractivity contribution in [2.45, 2.75) is 69.0 Å². The molecule has 200 valence electrons. The van der Waals surface area contributed by atoms with E-state index in [-0.39, 0.29) is 46.3 Å². The fourth-order valence-electron chi connectivity index (χ4n) is 5.00. The number of carbonyl (C=O) groups excluding carboxylic acids is 1. The van der Waals surface area contributed by atoms with E-state index in [4.69, 9.17) is 4.74 Å². The topological polar surface area (TPSA) is 157 Å². The summed E-state index contributed by atoms with van der Waals surface area (Å²) in [5, 5.41) is 17.9. The molecule has 3 heterocycles. The van der Waals surface area contributed by atoms with Gasteiger partial charge in [0.2, 0.25) is 11.6 Å². The Labute approximate surface area is 215 Å². The zero-order valence-corrected chi connectivity index (χ0v) is 22.1. The molecule has 12 nitrogen and oxygen atoms in total. The molecule has 2 atom stereocenters. The number of nitro groups is 1. The second-order valence-corrected chi connectivity index (χ2v) is 12.6. The number of anilines is 3. The normalized spacial score (nSPS) is 21.4. The lowest BCUT2D eigenvalue weighted by Crippen LogP contribution is -2.49. The van der Waals surface area contributed by atoms with Crippen LogP contribution in [0.15, 0.2) is 35.5 Å². The number of piperidine rings is 1. The summed E-state index contributed by atoms with van der Waals surface area (Å²) < 4.78 is 29.0. The number of hydrogen-bond acceptors (Lipinski definition) is 10. The van der Waals surface area contributed by atoms with Gasteiger partial charge in [-0.15, -0.1) is 0 Å². The first kappa shape index (κ1) is 26.6. The highest BCUT2D eigenvalue weighted by Crippen LogP contribution is 2.40. The molecule has 2 aliphatic heterocycles. The summed E-state index contributed by atoms with van der Waals surface area (Å²) >= 11 is 0. The maximum absolute atomic E-state index is 12.7. The highest BCUT2D eigenvalue weighted by molar-refractivity contribution is 7.90. The SMILES string of the molecule is CC(C)(C)OC(=O)N1[C@H]2CC[C@H]1CC(CNc1ncnc(Nc3ccc(S(C)(=O)=O)cc3)c1[N+](=O)[O-])C2. The van der Waals surface area contributed by atoms with Crippen LogP contribution >= 0.6 is 0 Å². The van der Waals surface area contributed by atoms with Crippen molar-refractivity contribution in [2.24, 2.45) is 5.92 Å². The van der Waals surface area contributed by atoms with Crippen molar-refractivity contribution in [2.75, 3.05) is 23.4 Å². The molecule has 4 rings (SSSR count). The minimum absolute atomic E-state index is 0.00517. The van der Waals surface area contributed by atoms with Crippen LogP contribution in [-0.4, -0.2) is 64.8 Å². The molecular formula is C24H32N6O6S. The summed E-state index contributed by atoms with van der Waals surface area (Å²) in [4.78, 5) is 34.2. The van der Waals surface area contributed by atoms with Crippen LogP contribution in [-0.2, 0) is 14.6 Å². The molecule has 2 N–H and O–H groups in total. The van der Waals surface area contributed by atoms with Crippen molar-refractivity contribution in [3.8, 4) is 0 Å². The first-order valence-electron chi connectivity index (χ1n) is 12.1. The molecule has 1 aromatic heterocycles. The molecule has 1 aromatic carbocycles. The van der Waals surface area contributed by atoms with Gasteiger partial charge in [0, 0.05) is 30.6 Å². The smallest absolute Gasteiger partial charge is 0.410 e. The van der Waals surface area contributed by atoms with Crippen molar-refractivity contribution >= 4 is 38.9 Å². The van der Waals surface area contributed by atoms with Crippen molar-refractivity contribution in [3.63, 3.8) is 0 Å². The number of ether oxygens (including phenoxy) is 1. The van der Waals surface area contributed by atoms with Crippen molar-refractivity contribution in [1.29, 1.82) is 0 Å². The Kier molecular flexibility index (Phi) is 7.27. The van der Waals surface area contributed by atoms with Gasteiger partial charge in [-0.1, -0.05) is 0 Å². The molecular weight excluding hydrogens is 500 g/mol. The third-order valence-corrected chi connectivity index (χ3v) is 7.67. The molecule has 1 amide bonds. The van der Waals surface area contributed by atoms with Crippen LogP contribution in [0.4, 0.5) is 27.8 Å². The van der Waals surface area contributed by atoms with E-state index in [2.05, 4.69) is 20.6 Å². The first-order valence-corrected chi connectivity index (χ1v) is 14.0. The number of fused-ring (bicyclic) bond motifs is 2. The molecule has 2 aromatic rings. The van der Waals surface area contributed by atoms with Gasteiger partial charge in [0.15, 0.2) is 9.84 Å². The molecule has 13 heteroatoms. The van der Waals surface area contributed by atoms with Gasteiger partial charge in [-0.2, -0.15) is 0 Å². The lowest BCUT2D eigenvalue weighted by atomic mass is 9.91. The summed E-state index contributed by atoms with van der Waals surface area (Å²) in [5.41, 5.74) is -0.405. The zero-order valence-electron chi connectivity index (χ0n) is 21.3.